The summed E-state index contributed by atoms with van der Waals surface area (Å²) in [7, 11) is 1.31. The zero-order valence-corrected chi connectivity index (χ0v) is 12.6. The number of pyridine rings is 1. The van der Waals surface area contributed by atoms with Crippen molar-refractivity contribution in [3.8, 4) is 0 Å². The molecule has 1 aromatic heterocycles. The van der Waals surface area contributed by atoms with E-state index in [4.69, 9.17) is 4.74 Å². The summed E-state index contributed by atoms with van der Waals surface area (Å²) in [5.74, 6) is -0.797. The number of methoxy groups -OCH3 is 1. The quantitative estimate of drug-likeness (QED) is 0.856. The van der Waals surface area contributed by atoms with Crippen LogP contribution in [0.5, 0.6) is 0 Å². The Morgan fingerprint density at radius 2 is 1.95 bits per heavy atom. The monoisotopic (exact) mass is 298 g/mol. The van der Waals surface area contributed by atoms with Gasteiger partial charge in [-0.2, -0.15) is 0 Å². The van der Waals surface area contributed by atoms with E-state index in [2.05, 4.69) is 10.3 Å². The summed E-state index contributed by atoms with van der Waals surface area (Å²) in [5.41, 5.74) is 2.51. The molecule has 5 nitrogen and oxygen atoms in total. The third-order valence-electron chi connectivity index (χ3n) is 3.26. The Morgan fingerprint density at radius 3 is 2.59 bits per heavy atom. The van der Waals surface area contributed by atoms with E-state index in [1.807, 2.05) is 31.2 Å². The molecule has 1 heterocycles. The van der Waals surface area contributed by atoms with Gasteiger partial charge in [0.1, 0.15) is 6.04 Å². The number of ether oxygens (including phenoxy) is 1. The molecule has 0 unspecified atom stereocenters. The zero-order chi connectivity index (χ0) is 15.9. The number of nitrogens with one attached hydrogen (secondary N) is 1. The minimum atomic E-state index is -0.729. The van der Waals surface area contributed by atoms with Crippen molar-refractivity contribution in [1.29, 1.82) is 0 Å². The summed E-state index contributed by atoms with van der Waals surface area (Å²) < 4.78 is 4.79. The summed E-state index contributed by atoms with van der Waals surface area (Å²) in [6, 6.07) is 10.3. The lowest BCUT2D eigenvalue weighted by molar-refractivity contribution is -0.142. The van der Waals surface area contributed by atoms with E-state index in [0.717, 1.165) is 11.1 Å². The summed E-state index contributed by atoms with van der Waals surface area (Å²) >= 11 is 0. The molecule has 2 rings (SSSR count). The largest absolute Gasteiger partial charge is 0.467 e. The molecule has 0 saturated carbocycles. The van der Waals surface area contributed by atoms with Gasteiger partial charge in [-0.05, 0) is 24.6 Å². The van der Waals surface area contributed by atoms with Gasteiger partial charge in [-0.1, -0.05) is 29.8 Å². The highest BCUT2D eigenvalue weighted by Gasteiger charge is 2.22. The minimum Gasteiger partial charge on any atom is -0.467 e. The fourth-order valence-corrected chi connectivity index (χ4v) is 2.16. The molecule has 1 atom stereocenters. The Kier molecular flexibility index (Phi) is 5.25. The average Bonchev–Trinajstić information content (AvgIpc) is 2.54. The second-order valence-corrected chi connectivity index (χ2v) is 4.98. The van der Waals surface area contributed by atoms with Gasteiger partial charge < -0.3 is 10.1 Å². The fourth-order valence-electron chi connectivity index (χ4n) is 2.16. The number of carbonyl (C=O) groups is 2. The standard InChI is InChI=1S/C17H18N2O3/c1-12-4-3-5-13(10-12)11-15(17(21)22-2)19-16(20)14-6-8-18-9-7-14/h3-10,15H,11H2,1-2H3,(H,19,20)/t15-/m0/s1. The van der Waals surface area contributed by atoms with Crippen LogP contribution in [0.2, 0.25) is 0 Å². The van der Waals surface area contributed by atoms with Crippen LogP contribution in [-0.4, -0.2) is 30.0 Å². The van der Waals surface area contributed by atoms with Crippen LogP contribution in [0.1, 0.15) is 21.5 Å². The smallest absolute Gasteiger partial charge is 0.328 e. The lowest BCUT2D eigenvalue weighted by Gasteiger charge is -2.17. The van der Waals surface area contributed by atoms with E-state index in [9.17, 15) is 9.59 Å². The van der Waals surface area contributed by atoms with Crippen molar-refractivity contribution in [2.24, 2.45) is 0 Å². The van der Waals surface area contributed by atoms with Gasteiger partial charge in [0.05, 0.1) is 7.11 Å². The van der Waals surface area contributed by atoms with Crippen molar-refractivity contribution >= 4 is 11.9 Å². The maximum atomic E-state index is 12.2. The van der Waals surface area contributed by atoms with E-state index < -0.39 is 12.0 Å². The van der Waals surface area contributed by atoms with E-state index in [1.165, 1.54) is 19.5 Å². The van der Waals surface area contributed by atoms with Crippen LogP contribution < -0.4 is 5.32 Å². The molecule has 0 aliphatic carbocycles. The number of hydrogen-bond donors (Lipinski definition) is 1. The lowest BCUT2D eigenvalue weighted by atomic mass is 10.0. The van der Waals surface area contributed by atoms with Crippen molar-refractivity contribution in [2.45, 2.75) is 19.4 Å². The van der Waals surface area contributed by atoms with Gasteiger partial charge in [-0.3, -0.25) is 9.78 Å². The Morgan fingerprint density at radius 1 is 1.23 bits per heavy atom. The molecule has 0 fully saturated rings. The maximum absolute atomic E-state index is 12.2. The van der Waals surface area contributed by atoms with Gasteiger partial charge >= 0.3 is 5.97 Å². The number of carbonyl (C=O) groups excluding carboxylic acids is 2. The van der Waals surface area contributed by atoms with Crippen LogP contribution in [-0.2, 0) is 16.0 Å². The Balaban J connectivity index is 2.13. The number of nitrogens with zero attached hydrogens (tertiary/aromatic N) is 1. The third-order valence-corrected chi connectivity index (χ3v) is 3.26. The molecule has 0 spiro atoms. The highest BCUT2D eigenvalue weighted by atomic mass is 16.5. The number of hydrogen-bond acceptors (Lipinski definition) is 4. The normalized spacial score (nSPS) is 11.5. The molecule has 1 aromatic carbocycles. The average molecular weight is 298 g/mol. The fraction of sp³-hybridized carbons (Fsp3) is 0.235. The predicted molar refractivity (Wildman–Crippen MR) is 82.4 cm³/mol. The van der Waals surface area contributed by atoms with Crippen LogP contribution in [0, 0.1) is 6.92 Å². The van der Waals surface area contributed by atoms with Gasteiger partial charge in [-0.25, -0.2) is 4.79 Å². The first kappa shape index (κ1) is 15.7. The molecular formula is C17H18N2O3. The molecule has 1 N–H and O–H groups in total. The van der Waals surface area contributed by atoms with Crippen LogP contribution in [0.25, 0.3) is 0 Å². The number of aromatic nitrogens is 1. The number of amides is 1. The molecule has 1 amide bonds. The molecule has 5 heteroatoms. The first-order chi connectivity index (χ1) is 10.6. The zero-order valence-electron chi connectivity index (χ0n) is 12.6. The maximum Gasteiger partial charge on any atom is 0.328 e. The predicted octanol–water partition coefficient (Wildman–Crippen LogP) is 1.90. The topological polar surface area (TPSA) is 68.3 Å². The van der Waals surface area contributed by atoms with Crippen LogP contribution >= 0.6 is 0 Å². The van der Waals surface area contributed by atoms with Gasteiger partial charge in [0.15, 0.2) is 0 Å². The molecule has 0 bridgehead atoms. The summed E-state index contributed by atoms with van der Waals surface area (Å²) in [4.78, 5) is 28.0. The van der Waals surface area contributed by atoms with E-state index >= 15 is 0 Å². The molecule has 0 saturated heterocycles. The Hall–Kier alpha value is -2.69. The third kappa shape index (κ3) is 4.15. The first-order valence-electron chi connectivity index (χ1n) is 6.94. The number of benzene rings is 1. The Bertz CT molecular complexity index is 656. The molecule has 22 heavy (non-hydrogen) atoms. The van der Waals surface area contributed by atoms with Crippen molar-refractivity contribution in [3.63, 3.8) is 0 Å². The number of esters is 1. The van der Waals surface area contributed by atoms with Gasteiger partial charge in [0.2, 0.25) is 0 Å². The highest BCUT2D eigenvalue weighted by molar-refractivity contribution is 5.96. The minimum absolute atomic E-state index is 0.328. The van der Waals surface area contributed by atoms with Crippen molar-refractivity contribution in [3.05, 3.63) is 65.5 Å². The van der Waals surface area contributed by atoms with E-state index in [0.29, 0.717) is 12.0 Å². The van der Waals surface area contributed by atoms with Crippen LogP contribution in [0.4, 0.5) is 0 Å². The lowest BCUT2D eigenvalue weighted by Crippen LogP contribution is -2.43. The molecule has 0 aliphatic heterocycles. The molecule has 0 aliphatic rings. The summed E-state index contributed by atoms with van der Waals surface area (Å²) in [5, 5.41) is 2.71. The molecule has 2 aromatic rings. The first-order valence-corrected chi connectivity index (χ1v) is 6.94. The second kappa shape index (κ2) is 7.36. The second-order valence-electron chi connectivity index (χ2n) is 4.98. The van der Waals surface area contributed by atoms with E-state index in [1.54, 1.807) is 12.1 Å². The van der Waals surface area contributed by atoms with Crippen LogP contribution in [0.3, 0.4) is 0 Å². The van der Waals surface area contributed by atoms with E-state index in [-0.39, 0.29) is 5.91 Å². The van der Waals surface area contributed by atoms with Gasteiger partial charge in [0.25, 0.3) is 5.91 Å². The molecule has 114 valence electrons. The summed E-state index contributed by atoms with van der Waals surface area (Å²) in [6.07, 6.45) is 3.44. The molecule has 0 radical (unpaired) electrons. The number of rotatable bonds is 5. The van der Waals surface area contributed by atoms with Gasteiger partial charge in [0, 0.05) is 24.4 Å². The Labute approximate surface area is 129 Å². The molecular weight excluding hydrogens is 280 g/mol. The van der Waals surface area contributed by atoms with Crippen molar-refractivity contribution in [2.75, 3.05) is 7.11 Å². The highest BCUT2D eigenvalue weighted by Crippen LogP contribution is 2.09. The van der Waals surface area contributed by atoms with Crippen LogP contribution in [0.15, 0.2) is 48.8 Å². The van der Waals surface area contributed by atoms with Crippen molar-refractivity contribution in [1.82, 2.24) is 10.3 Å². The SMILES string of the molecule is COC(=O)[C@H](Cc1cccc(C)c1)NC(=O)c1ccncc1. The summed E-state index contributed by atoms with van der Waals surface area (Å²) in [6.45, 7) is 1.98. The number of aryl methyl sites for hydroxylation is 1. The van der Waals surface area contributed by atoms with Gasteiger partial charge in [-0.15, -0.1) is 0 Å². The van der Waals surface area contributed by atoms with Crippen molar-refractivity contribution < 1.29 is 14.3 Å².